The highest BCUT2D eigenvalue weighted by molar-refractivity contribution is 8.04. The lowest BCUT2D eigenvalue weighted by Crippen LogP contribution is -2.34. The maximum atomic E-state index is 11.5. The molecule has 0 spiro atoms. The van der Waals surface area contributed by atoms with Crippen LogP contribution in [-0.2, 0) is 31.8 Å². The molecule has 0 atom stereocenters. The molecule has 308 valence electrons. The SMILES string of the molecule is CC.CC1(C)CC(/C=C2\Sc3cc([N+](=O)[O-])sc3N2CCCCS(=O)(=O)[O-])=CC(=C/c2sc3cc(NOO)sc3[n+]2CCCCS(=O)(=O)[O-])/C1.CCNCC. The van der Waals surface area contributed by atoms with Gasteiger partial charge < -0.3 is 19.3 Å². The van der Waals surface area contributed by atoms with E-state index in [1.165, 1.54) is 34.4 Å². The number of thiophene rings is 2. The topological polar surface area (TPSA) is 218 Å². The second-order valence-electron chi connectivity index (χ2n) is 13.2. The molecular weight excluding hydrogens is 831 g/mol. The van der Waals surface area contributed by atoms with E-state index in [1.54, 1.807) is 6.07 Å². The highest BCUT2D eigenvalue weighted by Crippen LogP contribution is 2.53. The molecule has 2 aliphatic rings. The van der Waals surface area contributed by atoms with Crippen molar-refractivity contribution in [3.8, 4) is 0 Å². The van der Waals surface area contributed by atoms with Crippen LogP contribution >= 0.6 is 45.8 Å². The van der Waals surface area contributed by atoms with Crippen LogP contribution in [0.4, 0.5) is 15.0 Å². The predicted octanol–water partition coefficient (Wildman–Crippen LogP) is 7.91. The van der Waals surface area contributed by atoms with E-state index in [9.17, 15) is 36.1 Å². The van der Waals surface area contributed by atoms with Crippen LogP contribution in [0.15, 0.2) is 45.4 Å². The van der Waals surface area contributed by atoms with E-state index < -0.39 is 36.7 Å². The summed E-state index contributed by atoms with van der Waals surface area (Å²) in [5.41, 5.74) is 4.44. The third-order valence-electron chi connectivity index (χ3n) is 8.03. The van der Waals surface area contributed by atoms with Gasteiger partial charge >= 0.3 is 5.00 Å². The zero-order valence-electron chi connectivity index (χ0n) is 31.8. The van der Waals surface area contributed by atoms with Crippen LogP contribution in [0.3, 0.4) is 0 Å². The number of aryl methyl sites for hydroxylation is 1. The lowest BCUT2D eigenvalue weighted by atomic mass is 9.75. The molecule has 0 aromatic carbocycles. The predicted molar refractivity (Wildman–Crippen MR) is 222 cm³/mol. The highest BCUT2D eigenvalue weighted by Gasteiger charge is 2.33. The molecule has 0 amide bonds. The van der Waals surface area contributed by atoms with Gasteiger partial charge in [0, 0.05) is 36.6 Å². The molecule has 0 saturated carbocycles. The van der Waals surface area contributed by atoms with Crippen LogP contribution in [0.25, 0.3) is 15.6 Å². The van der Waals surface area contributed by atoms with Gasteiger partial charge in [-0.15, -0.1) is 4.99 Å². The zero-order valence-corrected chi connectivity index (χ0v) is 36.7. The highest BCUT2D eigenvalue weighted by atomic mass is 32.2. The average molecular weight is 881 g/mol. The van der Waals surface area contributed by atoms with Gasteiger partial charge in [0.05, 0.1) is 35.1 Å². The van der Waals surface area contributed by atoms with Crippen LogP contribution in [0.1, 0.15) is 85.1 Å². The summed E-state index contributed by atoms with van der Waals surface area (Å²) in [6.45, 7) is 15.6. The number of nitrogens with zero attached hydrogens (tertiary/aromatic N) is 3. The molecule has 0 bridgehead atoms. The molecular formula is C34H50N5O10S6-. The Morgan fingerprint density at radius 3 is 2.22 bits per heavy atom. The van der Waals surface area contributed by atoms with Crippen molar-refractivity contribution in [3.63, 3.8) is 0 Å². The number of unbranched alkanes of at least 4 members (excludes halogenated alkanes) is 2. The Bertz CT molecular complexity index is 2060. The van der Waals surface area contributed by atoms with Gasteiger partial charge in [-0.05, 0) is 96.6 Å². The molecule has 4 heterocycles. The molecule has 15 nitrogen and oxygen atoms in total. The minimum Gasteiger partial charge on any atom is -0.748 e. The molecule has 0 saturated heterocycles. The van der Waals surface area contributed by atoms with Crippen molar-refractivity contribution >= 4 is 96.6 Å². The molecule has 0 radical (unpaired) electrons. The van der Waals surface area contributed by atoms with E-state index in [-0.39, 0.29) is 23.3 Å². The first-order valence-corrected chi connectivity index (χ1v) is 24.3. The van der Waals surface area contributed by atoms with E-state index in [0.29, 0.717) is 30.9 Å². The summed E-state index contributed by atoms with van der Waals surface area (Å²) in [5, 5.41) is 26.6. The number of aromatic nitrogens is 1. The Morgan fingerprint density at radius 2 is 1.64 bits per heavy atom. The number of nitrogens with one attached hydrogen (secondary N) is 2. The van der Waals surface area contributed by atoms with Gasteiger partial charge in [-0.25, -0.2) is 27.6 Å². The summed E-state index contributed by atoms with van der Waals surface area (Å²) in [4.78, 5) is 18.7. The summed E-state index contributed by atoms with van der Waals surface area (Å²) in [7, 11) is -8.65. The van der Waals surface area contributed by atoms with Crippen molar-refractivity contribution in [2.75, 3.05) is 41.5 Å². The molecule has 3 aromatic heterocycles. The summed E-state index contributed by atoms with van der Waals surface area (Å²) < 4.78 is 69.9. The van der Waals surface area contributed by atoms with Crippen molar-refractivity contribution < 1.29 is 45.7 Å². The van der Waals surface area contributed by atoms with Crippen molar-refractivity contribution in [2.24, 2.45) is 5.41 Å². The van der Waals surface area contributed by atoms with Crippen molar-refractivity contribution in [3.05, 3.63) is 55.6 Å². The third-order valence-corrected chi connectivity index (χ3v) is 14.2. The lowest BCUT2D eigenvalue weighted by molar-refractivity contribution is -0.667. The van der Waals surface area contributed by atoms with Crippen LogP contribution in [0, 0.1) is 15.5 Å². The first-order chi connectivity index (χ1) is 25.9. The average Bonchev–Trinajstić information content (AvgIpc) is 3.82. The van der Waals surface area contributed by atoms with Gasteiger partial charge in [0.1, 0.15) is 14.7 Å². The van der Waals surface area contributed by atoms with E-state index in [0.717, 1.165) is 77.9 Å². The molecule has 3 N–H and O–H groups in total. The number of allylic oxidation sites excluding steroid dienone is 4. The van der Waals surface area contributed by atoms with Crippen LogP contribution in [-0.4, -0.2) is 67.3 Å². The second kappa shape index (κ2) is 21.4. The molecule has 55 heavy (non-hydrogen) atoms. The fraction of sp³-hybridized carbons (Fsp3) is 0.559. The first-order valence-electron chi connectivity index (χ1n) is 17.9. The van der Waals surface area contributed by atoms with Crippen LogP contribution < -0.4 is 20.3 Å². The van der Waals surface area contributed by atoms with E-state index in [4.69, 9.17) is 5.26 Å². The van der Waals surface area contributed by atoms with Gasteiger partial charge in [0.25, 0.3) is 9.84 Å². The Hall–Kier alpha value is -2.44. The van der Waals surface area contributed by atoms with Gasteiger partial charge in [-0.2, -0.15) is 4.57 Å². The fourth-order valence-electron chi connectivity index (χ4n) is 5.96. The summed E-state index contributed by atoms with van der Waals surface area (Å²) in [6.07, 6.45) is 9.15. The zero-order chi connectivity index (χ0) is 41.0. The minimum atomic E-state index is -4.34. The number of hydrogen-bond donors (Lipinski definition) is 3. The minimum absolute atomic E-state index is 0.0209. The van der Waals surface area contributed by atoms with Crippen molar-refractivity contribution in [2.45, 2.75) is 91.5 Å². The van der Waals surface area contributed by atoms with Crippen LogP contribution in [0.5, 0.6) is 0 Å². The Labute approximate surface area is 339 Å². The number of hydrogen-bond acceptors (Lipinski definition) is 17. The number of thioether (sulfide) groups is 1. The van der Waals surface area contributed by atoms with Crippen LogP contribution in [0.2, 0.25) is 0 Å². The van der Waals surface area contributed by atoms with Gasteiger partial charge in [0.15, 0.2) is 6.54 Å². The standard InChI is InChI=1S/C28H34N4O10S6.C4H11N.C2H6/c1-28(2)16-18(12-23-30(7-3-5-9-47(36,37)38)26-20(43-23)14-22(45-26)29-42-35)11-19(17-28)13-24-31(8-4-6-10-48(39,40)41)27-21(44-24)15-25(46-27)32(33)34;1-3-5-4-2;1-2/h11-15,29H,3-10,16-17H2,1-2H3,(H2-,35,36,37,38,39,40,41);5H,3-4H2,1-2H3;1-2H3/p-1. The smallest absolute Gasteiger partial charge is 0.327 e. The monoisotopic (exact) mass is 880 g/mol. The Kier molecular flexibility index (Phi) is 18.2. The molecule has 5 rings (SSSR count). The number of nitro groups is 1. The molecule has 21 heteroatoms. The molecule has 0 unspecified atom stereocenters. The molecule has 0 fully saturated rings. The van der Waals surface area contributed by atoms with Crippen molar-refractivity contribution in [1.82, 2.24) is 5.32 Å². The number of anilines is 2. The summed E-state index contributed by atoms with van der Waals surface area (Å²) in [5.74, 6) is -0.905. The van der Waals surface area contributed by atoms with Gasteiger partial charge in [-0.1, -0.05) is 70.7 Å². The largest absolute Gasteiger partial charge is 0.748 e. The summed E-state index contributed by atoms with van der Waals surface area (Å²) >= 11 is 5.39. The third kappa shape index (κ3) is 14.8. The number of fused-ring (bicyclic) bond motifs is 2. The Balaban J connectivity index is 0.00000107. The first kappa shape index (κ1) is 46.9. The fourth-order valence-corrected chi connectivity index (χ4v) is 11.9. The molecule has 1 aliphatic carbocycles. The van der Waals surface area contributed by atoms with E-state index in [2.05, 4.69) is 66.3 Å². The van der Waals surface area contributed by atoms with Gasteiger partial charge in [0.2, 0.25) is 0 Å². The van der Waals surface area contributed by atoms with Gasteiger partial charge in [-0.3, -0.25) is 10.1 Å². The molecule has 1 aliphatic heterocycles. The summed E-state index contributed by atoms with van der Waals surface area (Å²) in [6, 6.07) is 3.39. The quantitative estimate of drug-likeness (QED) is 0.0293. The van der Waals surface area contributed by atoms with E-state index in [1.807, 2.05) is 24.8 Å². The maximum Gasteiger partial charge on any atom is 0.327 e. The van der Waals surface area contributed by atoms with Crippen molar-refractivity contribution in [1.29, 1.82) is 0 Å². The second-order valence-corrected chi connectivity index (χ2v) is 20.4. The maximum absolute atomic E-state index is 11.5. The number of rotatable bonds is 17. The lowest BCUT2D eigenvalue weighted by Gasteiger charge is -2.31. The number of thiazole rings is 1. The normalized spacial score (nSPS) is 16.7. The Morgan fingerprint density at radius 1 is 0.982 bits per heavy atom. The van der Waals surface area contributed by atoms with E-state index >= 15 is 0 Å². The molecule has 3 aromatic rings.